The molecule has 22 heavy (non-hydrogen) atoms. The lowest BCUT2D eigenvalue weighted by atomic mass is 10.1. The zero-order valence-electron chi connectivity index (χ0n) is 13.9. The molecule has 0 spiro atoms. The van der Waals surface area contributed by atoms with E-state index in [0.29, 0.717) is 12.5 Å². The second-order valence-corrected chi connectivity index (χ2v) is 6.04. The standard InChI is InChI=1S/C18H29N3O/c1-3-21(4-2)14-15-7-5-8-17(13-15)20-18(22)11-10-16-9-6-12-19-16/h5,7-8,13,16,19H,3-4,6,9-12,14H2,1-2H3,(H,20,22). The van der Waals surface area contributed by atoms with Crippen LogP contribution in [0.25, 0.3) is 0 Å². The van der Waals surface area contributed by atoms with Gasteiger partial charge in [0.05, 0.1) is 0 Å². The smallest absolute Gasteiger partial charge is 0.224 e. The second-order valence-electron chi connectivity index (χ2n) is 6.04. The van der Waals surface area contributed by atoms with E-state index in [1.165, 1.54) is 18.4 Å². The van der Waals surface area contributed by atoms with Gasteiger partial charge in [-0.2, -0.15) is 0 Å². The molecule has 2 N–H and O–H groups in total. The zero-order valence-corrected chi connectivity index (χ0v) is 13.9. The van der Waals surface area contributed by atoms with Crippen molar-refractivity contribution < 1.29 is 4.79 Å². The van der Waals surface area contributed by atoms with Crippen LogP contribution in [0.3, 0.4) is 0 Å². The van der Waals surface area contributed by atoms with Crippen molar-refractivity contribution in [3.63, 3.8) is 0 Å². The molecule has 0 radical (unpaired) electrons. The predicted molar refractivity (Wildman–Crippen MR) is 92.0 cm³/mol. The molecular weight excluding hydrogens is 274 g/mol. The van der Waals surface area contributed by atoms with Crippen molar-refractivity contribution in [3.8, 4) is 0 Å². The topological polar surface area (TPSA) is 44.4 Å². The first-order valence-electron chi connectivity index (χ1n) is 8.55. The van der Waals surface area contributed by atoms with Crippen LogP contribution in [0, 0.1) is 0 Å². The van der Waals surface area contributed by atoms with Crippen LogP contribution in [0.5, 0.6) is 0 Å². The molecule has 1 aromatic rings. The number of rotatable bonds is 8. The fourth-order valence-corrected chi connectivity index (χ4v) is 2.98. The summed E-state index contributed by atoms with van der Waals surface area (Å²) in [5.41, 5.74) is 2.16. The highest BCUT2D eigenvalue weighted by Gasteiger charge is 2.15. The maximum Gasteiger partial charge on any atom is 0.224 e. The van der Waals surface area contributed by atoms with Crippen LogP contribution in [-0.4, -0.2) is 36.5 Å². The number of hydrogen-bond acceptors (Lipinski definition) is 3. The molecule has 1 aliphatic heterocycles. The van der Waals surface area contributed by atoms with E-state index in [4.69, 9.17) is 0 Å². The average Bonchev–Trinajstić information content (AvgIpc) is 3.04. The highest BCUT2D eigenvalue weighted by molar-refractivity contribution is 5.90. The fourth-order valence-electron chi connectivity index (χ4n) is 2.98. The molecule has 1 aromatic carbocycles. The molecule has 1 atom stereocenters. The number of anilines is 1. The Morgan fingerprint density at radius 2 is 2.18 bits per heavy atom. The summed E-state index contributed by atoms with van der Waals surface area (Å²) in [6.45, 7) is 8.46. The van der Waals surface area contributed by atoms with Crippen molar-refractivity contribution in [3.05, 3.63) is 29.8 Å². The molecule has 1 saturated heterocycles. The minimum absolute atomic E-state index is 0.119. The Kier molecular flexibility index (Phi) is 6.87. The number of amides is 1. The zero-order chi connectivity index (χ0) is 15.8. The molecular formula is C18H29N3O. The largest absolute Gasteiger partial charge is 0.326 e. The first-order chi connectivity index (χ1) is 10.7. The summed E-state index contributed by atoms with van der Waals surface area (Å²) >= 11 is 0. The summed E-state index contributed by atoms with van der Waals surface area (Å²) < 4.78 is 0. The van der Waals surface area contributed by atoms with Crippen molar-refractivity contribution >= 4 is 11.6 Å². The Labute approximate surface area is 134 Å². The lowest BCUT2D eigenvalue weighted by Gasteiger charge is -2.18. The molecule has 1 heterocycles. The number of carbonyl (C=O) groups is 1. The van der Waals surface area contributed by atoms with Gasteiger partial charge in [0.25, 0.3) is 0 Å². The number of nitrogens with one attached hydrogen (secondary N) is 2. The third-order valence-corrected chi connectivity index (χ3v) is 4.39. The fraction of sp³-hybridized carbons (Fsp3) is 0.611. The van der Waals surface area contributed by atoms with Crippen molar-refractivity contribution in [2.24, 2.45) is 0 Å². The van der Waals surface area contributed by atoms with Crippen LogP contribution in [0.15, 0.2) is 24.3 Å². The van der Waals surface area contributed by atoms with Gasteiger partial charge in [0.15, 0.2) is 0 Å². The van der Waals surface area contributed by atoms with Gasteiger partial charge >= 0.3 is 0 Å². The lowest BCUT2D eigenvalue weighted by molar-refractivity contribution is -0.116. The second kappa shape index (κ2) is 8.91. The molecule has 0 bridgehead atoms. The Balaban J connectivity index is 1.82. The molecule has 1 amide bonds. The molecule has 0 saturated carbocycles. The Morgan fingerprint density at radius 1 is 1.36 bits per heavy atom. The molecule has 0 aromatic heterocycles. The Bertz CT molecular complexity index is 465. The van der Waals surface area contributed by atoms with Gasteiger partial charge in [-0.3, -0.25) is 9.69 Å². The lowest BCUT2D eigenvalue weighted by Crippen LogP contribution is -2.24. The molecule has 4 heteroatoms. The maximum atomic E-state index is 12.1. The maximum absolute atomic E-state index is 12.1. The Morgan fingerprint density at radius 3 is 2.86 bits per heavy atom. The molecule has 2 rings (SSSR count). The first kappa shape index (κ1) is 17.0. The molecule has 122 valence electrons. The first-order valence-corrected chi connectivity index (χ1v) is 8.55. The minimum atomic E-state index is 0.119. The van der Waals surface area contributed by atoms with E-state index < -0.39 is 0 Å². The minimum Gasteiger partial charge on any atom is -0.326 e. The summed E-state index contributed by atoms with van der Waals surface area (Å²) in [5, 5.41) is 6.46. The van der Waals surface area contributed by atoms with E-state index in [1.807, 2.05) is 12.1 Å². The van der Waals surface area contributed by atoms with Gasteiger partial charge in [-0.1, -0.05) is 26.0 Å². The summed E-state index contributed by atoms with van der Waals surface area (Å²) in [4.78, 5) is 14.4. The van der Waals surface area contributed by atoms with Crippen LogP contribution in [0.2, 0.25) is 0 Å². The van der Waals surface area contributed by atoms with Gasteiger partial charge in [-0.15, -0.1) is 0 Å². The van der Waals surface area contributed by atoms with E-state index in [2.05, 4.69) is 41.5 Å². The summed E-state index contributed by atoms with van der Waals surface area (Å²) in [6, 6.07) is 8.73. The van der Waals surface area contributed by atoms with Crippen molar-refractivity contribution in [1.82, 2.24) is 10.2 Å². The molecule has 1 aliphatic rings. The van der Waals surface area contributed by atoms with Crippen molar-refractivity contribution in [2.45, 2.75) is 52.1 Å². The monoisotopic (exact) mass is 303 g/mol. The number of nitrogens with zero attached hydrogens (tertiary/aromatic N) is 1. The molecule has 0 aliphatic carbocycles. The van der Waals surface area contributed by atoms with Crippen LogP contribution >= 0.6 is 0 Å². The highest BCUT2D eigenvalue weighted by Crippen LogP contribution is 2.15. The van der Waals surface area contributed by atoms with Crippen molar-refractivity contribution in [2.75, 3.05) is 25.0 Å². The number of carbonyl (C=O) groups excluding carboxylic acids is 1. The molecule has 1 fully saturated rings. The van der Waals surface area contributed by atoms with Crippen LogP contribution in [-0.2, 0) is 11.3 Å². The number of hydrogen-bond donors (Lipinski definition) is 2. The van der Waals surface area contributed by atoms with Gasteiger partial charge < -0.3 is 10.6 Å². The van der Waals surface area contributed by atoms with E-state index >= 15 is 0 Å². The van der Waals surface area contributed by atoms with Gasteiger partial charge in [-0.05, 0) is 56.6 Å². The van der Waals surface area contributed by atoms with Crippen LogP contribution in [0.4, 0.5) is 5.69 Å². The summed E-state index contributed by atoms with van der Waals surface area (Å²) in [5.74, 6) is 0.119. The normalized spacial score (nSPS) is 17.9. The summed E-state index contributed by atoms with van der Waals surface area (Å²) in [6.07, 6.45) is 3.97. The van der Waals surface area contributed by atoms with E-state index in [0.717, 1.165) is 38.3 Å². The highest BCUT2D eigenvalue weighted by atomic mass is 16.1. The van der Waals surface area contributed by atoms with Gasteiger partial charge in [0.2, 0.25) is 5.91 Å². The predicted octanol–water partition coefficient (Wildman–Crippen LogP) is 3.00. The van der Waals surface area contributed by atoms with E-state index in [-0.39, 0.29) is 5.91 Å². The van der Waals surface area contributed by atoms with Crippen LogP contribution < -0.4 is 10.6 Å². The van der Waals surface area contributed by atoms with Crippen molar-refractivity contribution in [1.29, 1.82) is 0 Å². The molecule has 1 unspecified atom stereocenters. The van der Waals surface area contributed by atoms with E-state index in [1.54, 1.807) is 0 Å². The average molecular weight is 303 g/mol. The third-order valence-electron chi connectivity index (χ3n) is 4.39. The third kappa shape index (κ3) is 5.43. The van der Waals surface area contributed by atoms with E-state index in [9.17, 15) is 4.79 Å². The number of benzene rings is 1. The summed E-state index contributed by atoms with van der Waals surface area (Å²) in [7, 11) is 0. The van der Waals surface area contributed by atoms with Gasteiger partial charge in [-0.25, -0.2) is 0 Å². The van der Waals surface area contributed by atoms with Gasteiger partial charge in [0, 0.05) is 24.7 Å². The van der Waals surface area contributed by atoms with Gasteiger partial charge in [0.1, 0.15) is 0 Å². The SMILES string of the molecule is CCN(CC)Cc1cccc(NC(=O)CCC2CCCN2)c1. The molecule has 4 nitrogen and oxygen atoms in total. The quantitative estimate of drug-likeness (QED) is 0.776. The van der Waals surface area contributed by atoms with Crippen LogP contribution in [0.1, 0.15) is 45.1 Å². The Hall–Kier alpha value is -1.39.